The molecule has 0 atom stereocenters. The van der Waals surface area contributed by atoms with Crippen LogP contribution >= 0.6 is 23.2 Å². The quantitative estimate of drug-likeness (QED) is 0.706. The highest BCUT2D eigenvalue weighted by atomic mass is 35.5. The fourth-order valence-electron chi connectivity index (χ4n) is 1.56. The van der Waals surface area contributed by atoms with E-state index in [2.05, 4.69) is 4.98 Å². The molecule has 0 N–H and O–H groups in total. The van der Waals surface area contributed by atoms with Gasteiger partial charge in [-0.25, -0.2) is 4.98 Å². The number of halogens is 2. The van der Waals surface area contributed by atoms with E-state index in [1.165, 1.54) is 0 Å². The number of pyridine rings is 1. The van der Waals surface area contributed by atoms with Crippen molar-refractivity contribution in [3.05, 3.63) is 33.1 Å². The van der Waals surface area contributed by atoms with Gasteiger partial charge in [-0.15, -0.1) is 0 Å². The molecule has 0 fully saturated rings. The lowest BCUT2D eigenvalue weighted by Gasteiger charge is -2.11. The lowest BCUT2D eigenvalue weighted by molar-refractivity contribution is 0.216. The molecular weight excluding hydrogens is 233 g/mol. The van der Waals surface area contributed by atoms with Crippen molar-refractivity contribution in [2.24, 2.45) is 0 Å². The van der Waals surface area contributed by atoms with Crippen LogP contribution in [0.1, 0.15) is 16.8 Å². The third-order valence-electron chi connectivity index (χ3n) is 2.59. The molecule has 15 heavy (non-hydrogen) atoms. The molecule has 1 aromatic heterocycles. The molecule has 0 radical (unpaired) electrons. The Labute approximate surface area is 98.9 Å². The molecule has 2 nitrogen and oxygen atoms in total. The second-order valence-electron chi connectivity index (χ2n) is 3.55. The summed E-state index contributed by atoms with van der Waals surface area (Å²) in [5, 5.41) is 1.14. The minimum Gasteiger partial charge on any atom is -0.373 e. The van der Waals surface area contributed by atoms with Crippen LogP contribution in [0.25, 0.3) is 5.57 Å². The summed E-state index contributed by atoms with van der Waals surface area (Å²) >= 11 is 12.4. The van der Waals surface area contributed by atoms with E-state index in [9.17, 15) is 0 Å². The highest BCUT2D eigenvalue weighted by Crippen LogP contribution is 2.34. The van der Waals surface area contributed by atoms with E-state index in [0.29, 0.717) is 23.4 Å². The van der Waals surface area contributed by atoms with Gasteiger partial charge in [0.1, 0.15) is 5.15 Å². The van der Waals surface area contributed by atoms with Gasteiger partial charge in [0, 0.05) is 11.3 Å². The molecule has 0 bridgehead atoms. The zero-order chi connectivity index (χ0) is 11.0. The number of nitrogens with zero attached hydrogens (tertiary/aromatic N) is 1. The van der Waals surface area contributed by atoms with Gasteiger partial charge >= 0.3 is 0 Å². The van der Waals surface area contributed by atoms with Crippen LogP contribution in [-0.2, 0) is 4.74 Å². The second kappa shape index (κ2) is 4.12. The van der Waals surface area contributed by atoms with Crippen molar-refractivity contribution in [1.82, 2.24) is 4.98 Å². The van der Waals surface area contributed by atoms with Crippen molar-refractivity contribution in [2.75, 3.05) is 13.2 Å². The van der Waals surface area contributed by atoms with Crippen LogP contribution < -0.4 is 0 Å². The zero-order valence-corrected chi connectivity index (χ0v) is 10.1. The van der Waals surface area contributed by atoms with Gasteiger partial charge in [-0.05, 0) is 25.0 Å². The van der Waals surface area contributed by atoms with Gasteiger partial charge in [0.15, 0.2) is 0 Å². The van der Waals surface area contributed by atoms with Crippen molar-refractivity contribution in [1.29, 1.82) is 0 Å². The van der Waals surface area contributed by atoms with Crippen LogP contribution in [0.4, 0.5) is 0 Å². The molecule has 1 aromatic rings. The lowest BCUT2D eigenvalue weighted by Crippen LogP contribution is -1.98. The van der Waals surface area contributed by atoms with Crippen molar-refractivity contribution in [3.63, 3.8) is 0 Å². The Kier molecular flexibility index (Phi) is 3.01. The molecule has 1 aliphatic heterocycles. The number of hydrogen-bond donors (Lipinski definition) is 0. The summed E-state index contributed by atoms with van der Waals surface area (Å²) < 4.78 is 5.25. The SMILES string of the molecule is Cc1nc(Cl)c(C2=CCOC2)c(Cl)c1C. The van der Waals surface area contributed by atoms with E-state index in [0.717, 1.165) is 22.4 Å². The van der Waals surface area contributed by atoms with Gasteiger partial charge in [-0.2, -0.15) is 0 Å². The summed E-state index contributed by atoms with van der Waals surface area (Å²) in [5.74, 6) is 0. The molecule has 2 rings (SSSR count). The van der Waals surface area contributed by atoms with Crippen LogP contribution in [0.2, 0.25) is 10.2 Å². The molecule has 0 aromatic carbocycles. The molecule has 0 amide bonds. The fraction of sp³-hybridized carbons (Fsp3) is 0.364. The standard InChI is InChI=1S/C11H11Cl2NO/c1-6-7(2)14-11(13)9(10(6)12)8-3-4-15-5-8/h3H,4-5H2,1-2H3. The largest absolute Gasteiger partial charge is 0.373 e. The molecule has 0 saturated heterocycles. The van der Waals surface area contributed by atoms with Crippen molar-refractivity contribution in [2.45, 2.75) is 13.8 Å². The van der Waals surface area contributed by atoms with Gasteiger partial charge in [0.2, 0.25) is 0 Å². The molecule has 0 saturated carbocycles. The van der Waals surface area contributed by atoms with Crippen molar-refractivity contribution >= 4 is 28.8 Å². The van der Waals surface area contributed by atoms with E-state index in [4.69, 9.17) is 27.9 Å². The Morgan fingerprint density at radius 3 is 2.67 bits per heavy atom. The predicted molar refractivity (Wildman–Crippen MR) is 62.5 cm³/mol. The van der Waals surface area contributed by atoms with Gasteiger partial charge in [0.25, 0.3) is 0 Å². The maximum absolute atomic E-state index is 6.26. The van der Waals surface area contributed by atoms with E-state index in [1.54, 1.807) is 0 Å². The average Bonchev–Trinajstić information content (AvgIpc) is 2.68. The molecule has 0 aliphatic carbocycles. The third kappa shape index (κ3) is 1.89. The third-order valence-corrected chi connectivity index (χ3v) is 3.34. The summed E-state index contributed by atoms with van der Waals surface area (Å²) in [7, 11) is 0. The lowest BCUT2D eigenvalue weighted by atomic mass is 10.1. The molecule has 2 heterocycles. The molecule has 1 aliphatic rings. The van der Waals surface area contributed by atoms with Crippen LogP contribution in [0.3, 0.4) is 0 Å². The molecule has 0 unspecified atom stereocenters. The Morgan fingerprint density at radius 2 is 2.07 bits per heavy atom. The first-order valence-corrected chi connectivity index (χ1v) is 5.46. The Hall–Kier alpha value is -0.570. The first kappa shape index (κ1) is 10.9. The van der Waals surface area contributed by atoms with E-state index < -0.39 is 0 Å². The highest BCUT2D eigenvalue weighted by Gasteiger charge is 2.18. The van der Waals surface area contributed by atoms with Crippen molar-refractivity contribution < 1.29 is 4.74 Å². The second-order valence-corrected chi connectivity index (χ2v) is 4.28. The molecular formula is C11H11Cl2NO. The zero-order valence-electron chi connectivity index (χ0n) is 8.60. The van der Waals surface area contributed by atoms with Gasteiger partial charge in [-0.1, -0.05) is 29.3 Å². The van der Waals surface area contributed by atoms with Gasteiger partial charge < -0.3 is 4.74 Å². The summed E-state index contributed by atoms with van der Waals surface area (Å²) in [4.78, 5) is 4.26. The molecule has 0 spiro atoms. The Bertz CT molecular complexity index is 441. The minimum atomic E-state index is 0.458. The van der Waals surface area contributed by atoms with Gasteiger partial charge in [-0.3, -0.25) is 0 Å². The summed E-state index contributed by atoms with van der Waals surface area (Å²) in [6, 6.07) is 0. The van der Waals surface area contributed by atoms with Crippen molar-refractivity contribution in [3.8, 4) is 0 Å². The van der Waals surface area contributed by atoms with E-state index in [-0.39, 0.29) is 0 Å². The number of aromatic nitrogens is 1. The average molecular weight is 244 g/mol. The van der Waals surface area contributed by atoms with Crippen LogP contribution in [0.15, 0.2) is 6.08 Å². The van der Waals surface area contributed by atoms with Gasteiger partial charge in [0.05, 0.1) is 18.2 Å². The summed E-state index contributed by atoms with van der Waals surface area (Å²) in [6.45, 7) is 5.02. The van der Waals surface area contributed by atoms with E-state index in [1.807, 2.05) is 19.9 Å². The van der Waals surface area contributed by atoms with Crippen LogP contribution in [0, 0.1) is 13.8 Å². The summed E-state index contributed by atoms with van der Waals surface area (Å²) in [6.07, 6.45) is 1.99. The summed E-state index contributed by atoms with van der Waals surface area (Å²) in [5.41, 5.74) is 3.69. The number of hydrogen-bond acceptors (Lipinski definition) is 2. The number of rotatable bonds is 1. The van der Waals surface area contributed by atoms with E-state index >= 15 is 0 Å². The molecule has 4 heteroatoms. The first-order valence-electron chi connectivity index (χ1n) is 4.70. The topological polar surface area (TPSA) is 22.1 Å². The normalized spacial score (nSPS) is 15.6. The maximum Gasteiger partial charge on any atom is 0.138 e. The maximum atomic E-state index is 6.26. The van der Waals surface area contributed by atoms with Crippen LogP contribution in [0.5, 0.6) is 0 Å². The Morgan fingerprint density at radius 1 is 1.33 bits per heavy atom. The minimum absolute atomic E-state index is 0.458. The molecule has 80 valence electrons. The van der Waals surface area contributed by atoms with Crippen LogP contribution in [-0.4, -0.2) is 18.2 Å². The fourth-order valence-corrected chi connectivity index (χ4v) is 2.30. The number of aryl methyl sites for hydroxylation is 1. The Balaban J connectivity index is 2.60. The number of ether oxygens (including phenoxy) is 1. The smallest absolute Gasteiger partial charge is 0.138 e. The highest BCUT2D eigenvalue weighted by molar-refractivity contribution is 6.37. The predicted octanol–water partition coefficient (Wildman–Crippen LogP) is 3.42. The monoisotopic (exact) mass is 243 g/mol. The first-order chi connectivity index (χ1) is 7.11.